The predicted octanol–water partition coefficient (Wildman–Crippen LogP) is 2.93. The first-order chi connectivity index (χ1) is 11.0. The molecule has 1 aromatic heterocycles. The first-order valence-corrected chi connectivity index (χ1v) is 7.05. The highest BCUT2D eigenvalue weighted by Gasteiger charge is 2.22. The molecule has 0 amide bonds. The summed E-state index contributed by atoms with van der Waals surface area (Å²) in [6, 6.07) is 9.79. The Morgan fingerprint density at radius 2 is 1.96 bits per heavy atom. The van der Waals surface area contributed by atoms with Crippen LogP contribution in [0.15, 0.2) is 48.7 Å². The highest BCUT2D eigenvalue weighted by Crippen LogP contribution is 2.25. The van der Waals surface area contributed by atoms with Crippen LogP contribution in [-0.2, 0) is 11.3 Å². The summed E-state index contributed by atoms with van der Waals surface area (Å²) in [6.45, 7) is 0.325. The molecule has 0 bridgehead atoms. The monoisotopic (exact) mass is 314 g/mol. The lowest BCUT2D eigenvalue weighted by Crippen LogP contribution is -2.27. The van der Waals surface area contributed by atoms with E-state index >= 15 is 0 Å². The molecule has 0 aliphatic rings. The van der Waals surface area contributed by atoms with Crippen LogP contribution in [0.3, 0.4) is 0 Å². The molecule has 4 N–H and O–H groups in total. The lowest BCUT2D eigenvalue weighted by molar-refractivity contribution is -0.139. The number of phenolic OH excluding ortho intramolecular Hbond substituents is 1. The van der Waals surface area contributed by atoms with E-state index in [4.69, 9.17) is 0 Å². The minimum absolute atomic E-state index is 0.155. The first kappa shape index (κ1) is 15.1. The maximum absolute atomic E-state index is 13.2. The van der Waals surface area contributed by atoms with Gasteiger partial charge >= 0.3 is 5.97 Å². The fourth-order valence-corrected chi connectivity index (χ4v) is 2.52. The molecular weight excluding hydrogens is 299 g/mol. The molecule has 3 aromatic rings. The Morgan fingerprint density at radius 3 is 2.65 bits per heavy atom. The first-order valence-electron chi connectivity index (χ1n) is 7.05. The average Bonchev–Trinajstić information content (AvgIpc) is 2.92. The van der Waals surface area contributed by atoms with Gasteiger partial charge in [0.1, 0.15) is 17.6 Å². The number of hydrogen-bond donors (Lipinski definition) is 4. The molecule has 2 aromatic carbocycles. The number of aromatic hydroxyl groups is 1. The van der Waals surface area contributed by atoms with Gasteiger partial charge in [0.2, 0.25) is 0 Å². The van der Waals surface area contributed by atoms with Crippen molar-refractivity contribution in [1.29, 1.82) is 0 Å². The number of carboxylic acid groups (broad SMARTS) is 1. The quantitative estimate of drug-likeness (QED) is 0.583. The van der Waals surface area contributed by atoms with E-state index in [1.807, 2.05) is 0 Å². The molecule has 0 radical (unpaired) electrons. The minimum Gasteiger partial charge on any atom is -0.508 e. The number of phenols is 1. The van der Waals surface area contributed by atoms with Crippen LogP contribution in [0.2, 0.25) is 0 Å². The van der Waals surface area contributed by atoms with Crippen molar-refractivity contribution in [2.75, 3.05) is 0 Å². The Bertz CT molecular complexity index is 843. The Kier molecular flexibility index (Phi) is 3.99. The molecule has 1 atom stereocenters. The van der Waals surface area contributed by atoms with Crippen molar-refractivity contribution < 1.29 is 19.4 Å². The van der Waals surface area contributed by atoms with E-state index < -0.39 is 12.0 Å². The van der Waals surface area contributed by atoms with E-state index in [-0.39, 0.29) is 11.6 Å². The molecule has 23 heavy (non-hydrogen) atoms. The summed E-state index contributed by atoms with van der Waals surface area (Å²) in [7, 11) is 0. The number of rotatable bonds is 5. The van der Waals surface area contributed by atoms with Crippen molar-refractivity contribution in [3.8, 4) is 5.75 Å². The predicted molar refractivity (Wildman–Crippen MR) is 83.6 cm³/mol. The van der Waals surface area contributed by atoms with Crippen molar-refractivity contribution in [2.24, 2.45) is 0 Å². The summed E-state index contributed by atoms with van der Waals surface area (Å²) < 4.78 is 13.2. The minimum atomic E-state index is -1.02. The van der Waals surface area contributed by atoms with Crippen LogP contribution in [0.1, 0.15) is 17.2 Å². The number of aromatic nitrogens is 1. The van der Waals surface area contributed by atoms with Crippen LogP contribution in [0.5, 0.6) is 5.75 Å². The van der Waals surface area contributed by atoms with Crippen LogP contribution in [0, 0.1) is 5.82 Å². The molecule has 3 rings (SSSR count). The fourth-order valence-electron chi connectivity index (χ4n) is 2.52. The molecule has 0 saturated carbocycles. The Hall–Kier alpha value is -2.86. The van der Waals surface area contributed by atoms with Gasteiger partial charge in [-0.2, -0.15) is 0 Å². The summed E-state index contributed by atoms with van der Waals surface area (Å²) in [6.07, 6.45) is 1.58. The molecular formula is C17H15FN2O3. The molecule has 1 unspecified atom stereocenters. The second kappa shape index (κ2) is 6.10. The van der Waals surface area contributed by atoms with Gasteiger partial charge in [0.05, 0.1) is 0 Å². The third-order valence-electron chi connectivity index (χ3n) is 3.68. The van der Waals surface area contributed by atoms with Crippen molar-refractivity contribution >= 4 is 16.9 Å². The number of aromatic amines is 1. The van der Waals surface area contributed by atoms with Crippen molar-refractivity contribution in [1.82, 2.24) is 10.3 Å². The summed E-state index contributed by atoms with van der Waals surface area (Å²) >= 11 is 0. The van der Waals surface area contributed by atoms with E-state index in [1.54, 1.807) is 36.5 Å². The summed E-state index contributed by atoms with van der Waals surface area (Å²) in [5.74, 6) is -1.24. The molecule has 0 saturated heterocycles. The number of nitrogens with one attached hydrogen (secondary N) is 2. The Balaban J connectivity index is 1.85. The van der Waals surface area contributed by atoms with Crippen LogP contribution in [0.25, 0.3) is 10.9 Å². The molecule has 1 heterocycles. The number of fused-ring (bicyclic) bond motifs is 1. The third kappa shape index (κ3) is 3.17. The zero-order valence-corrected chi connectivity index (χ0v) is 12.1. The van der Waals surface area contributed by atoms with Gasteiger partial charge in [-0.25, -0.2) is 4.39 Å². The second-order valence-electron chi connectivity index (χ2n) is 5.25. The van der Waals surface area contributed by atoms with Crippen molar-refractivity contribution in [2.45, 2.75) is 12.6 Å². The molecule has 0 spiro atoms. The maximum atomic E-state index is 13.2. The number of carbonyl (C=O) groups is 1. The number of halogens is 1. The van der Waals surface area contributed by atoms with Crippen LogP contribution in [-0.4, -0.2) is 21.2 Å². The lowest BCUT2D eigenvalue weighted by atomic mass is 10.1. The van der Waals surface area contributed by atoms with Gasteiger partial charge in [-0.15, -0.1) is 0 Å². The van der Waals surface area contributed by atoms with Gasteiger partial charge in [-0.05, 0) is 35.9 Å². The zero-order valence-electron chi connectivity index (χ0n) is 12.1. The molecule has 118 valence electrons. The number of carboxylic acids is 1. The van der Waals surface area contributed by atoms with Crippen molar-refractivity contribution in [3.63, 3.8) is 0 Å². The summed E-state index contributed by atoms with van der Waals surface area (Å²) in [5.41, 5.74) is 1.95. The van der Waals surface area contributed by atoms with Crippen LogP contribution in [0.4, 0.5) is 4.39 Å². The SMILES string of the molecule is O=C(O)C(NCc1ccc(O)cc1)c1c[nH]c2cc(F)ccc12. The molecule has 6 heteroatoms. The highest BCUT2D eigenvalue weighted by molar-refractivity contribution is 5.89. The maximum Gasteiger partial charge on any atom is 0.325 e. The second-order valence-corrected chi connectivity index (χ2v) is 5.25. The zero-order chi connectivity index (χ0) is 16.4. The number of benzene rings is 2. The standard InChI is InChI=1S/C17H15FN2O3/c18-11-3-6-13-14(9-19-15(13)7-11)16(17(22)23)20-8-10-1-4-12(21)5-2-10/h1-7,9,16,19-21H,8H2,(H,22,23). The third-order valence-corrected chi connectivity index (χ3v) is 3.68. The van der Waals surface area contributed by atoms with Crippen LogP contribution >= 0.6 is 0 Å². The topological polar surface area (TPSA) is 85.3 Å². The number of aliphatic carboxylic acids is 1. The average molecular weight is 314 g/mol. The van der Waals surface area contributed by atoms with Gasteiger partial charge in [-0.3, -0.25) is 10.1 Å². The van der Waals surface area contributed by atoms with E-state index in [1.165, 1.54) is 12.1 Å². The molecule has 0 fully saturated rings. The van der Waals surface area contributed by atoms with E-state index in [0.29, 0.717) is 23.0 Å². The molecule has 0 aliphatic heterocycles. The number of hydrogen-bond acceptors (Lipinski definition) is 3. The Morgan fingerprint density at radius 1 is 1.22 bits per heavy atom. The van der Waals surface area contributed by atoms with Crippen LogP contribution < -0.4 is 5.32 Å². The van der Waals surface area contributed by atoms with E-state index in [9.17, 15) is 19.4 Å². The summed E-state index contributed by atoms with van der Waals surface area (Å²) in [5, 5.41) is 22.4. The summed E-state index contributed by atoms with van der Waals surface area (Å²) in [4.78, 5) is 14.5. The largest absolute Gasteiger partial charge is 0.508 e. The van der Waals surface area contributed by atoms with Gasteiger partial charge in [-0.1, -0.05) is 12.1 Å². The van der Waals surface area contributed by atoms with Crippen molar-refractivity contribution in [3.05, 3.63) is 65.6 Å². The van der Waals surface area contributed by atoms with Gasteiger partial charge in [0, 0.05) is 29.2 Å². The Labute approximate surface area is 131 Å². The fraction of sp³-hybridized carbons (Fsp3) is 0.118. The van der Waals surface area contributed by atoms with Gasteiger partial charge in [0.25, 0.3) is 0 Å². The van der Waals surface area contributed by atoms with E-state index in [2.05, 4.69) is 10.3 Å². The number of H-pyrrole nitrogens is 1. The van der Waals surface area contributed by atoms with E-state index in [0.717, 1.165) is 5.56 Å². The molecule has 0 aliphatic carbocycles. The lowest BCUT2D eigenvalue weighted by Gasteiger charge is -2.14. The molecule has 5 nitrogen and oxygen atoms in total. The highest BCUT2D eigenvalue weighted by atomic mass is 19.1. The van der Waals surface area contributed by atoms with Gasteiger partial charge < -0.3 is 15.2 Å². The normalized spacial score (nSPS) is 12.4. The van der Waals surface area contributed by atoms with Gasteiger partial charge in [0.15, 0.2) is 0 Å². The smallest absolute Gasteiger partial charge is 0.325 e.